The highest BCUT2D eigenvalue weighted by Crippen LogP contribution is 2.25. The molecule has 0 spiro atoms. The summed E-state index contributed by atoms with van der Waals surface area (Å²) in [7, 11) is 0. The molecule has 13 heavy (non-hydrogen) atoms. The van der Waals surface area contributed by atoms with Gasteiger partial charge in [0, 0.05) is 6.20 Å². The van der Waals surface area contributed by atoms with Crippen LogP contribution in [0.2, 0.25) is 0 Å². The molecule has 0 aromatic carbocycles. The lowest BCUT2D eigenvalue weighted by molar-refractivity contribution is 0.145. The van der Waals surface area contributed by atoms with Gasteiger partial charge in [0.15, 0.2) is 5.82 Å². The first-order valence-corrected chi connectivity index (χ1v) is 3.89. The number of alkyl halides is 2. The maximum Gasteiger partial charge on any atom is 0.281 e. The predicted molar refractivity (Wildman–Crippen MR) is 41.6 cm³/mol. The van der Waals surface area contributed by atoms with Crippen molar-refractivity contribution in [1.29, 1.82) is 5.26 Å². The summed E-state index contributed by atoms with van der Waals surface area (Å²) in [5.41, 5.74) is -1.55. The Morgan fingerprint density at radius 3 is 2.62 bits per heavy atom. The van der Waals surface area contributed by atoms with Gasteiger partial charge in [-0.15, -0.1) is 0 Å². The quantitative estimate of drug-likeness (QED) is 0.769. The molecular weight excluding hydrogens is 249 g/mol. The average Bonchev–Trinajstić information content (AvgIpc) is 2.09. The summed E-state index contributed by atoms with van der Waals surface area (Å²) in [5, 5.41) is 8.39. The van der Waals surface area contributed by atoms with Gasteiger partial charge in [0.1, 0.15) is 17.3 Å². The van der Waals surface area contributed by atoms with Crippen molar-refractivity contribution in [2.24, 2.45) is 0 Å². The van der Waals surface area contributed by atoms with Crippen LogP contribution in [0.15, 0.2) is 10.7 Å². The minimum atomic E-state index is -2.95. The van der Waals surface area contributed by atoms with Crippen LogP contribution < -0.4 is 0 Å². The Balaban J connectivity index is 3.41. The van der Waals surface area contributed by atoms with Crippen LogP contribution in [-0.2, 0) is 0 Å². The number of halogens is 4. The molecule has 0 aliphatic carbocycles. The van der Waals surface area contributed by atoms with E-state index in [1.807, 2.05) is 0 Å². The lowest BCUT2D eigenvalue weighted by Gasteiger charge is -2.02. The van der Waals surface area contributed by atoms with Gasteiger partial charge in [-0.25, -0.2) is 13.2 Å². The number of nitrogens with zero attached hydrogens (tertiary/aromatic N) is 2. The third-order valence-electron chi connectivity index (χ3n) is 1.32. The summed E-state index contributed by atoms with van der Waals surface area (Å²) in [5.74, 6) is -1.01. The molecule has 0 unspecified atom stereocenters. The molecule has 1 heterocycles. The zero-order valence-corrected chi connectivity index (χ0v) is 7.65. The zero-order valence-electron chi connectivity index (χ0n) is 6.06. The van der Waals surface area contributed by atoms with E-state index in [2.05, 4.69) is 20.9 Å². The maximum atomic E-state index is 13.0. The van der Waals surface area contributed by atoms with Crippen molar-refractivity contribution in [2.45, 2.75) is 6.43 Å². The summed E-state index contributed by atoms with van der Waals surface area (Å²) >= 11 is 2.74. The molecule has 1 rings (SSSR count). The lowest BCUT2D eigenvalue weighted by Crippen LogP contribution is -1.99. The van der Waals surface area contributed by atoms with E-state index >= 15 is 0 Å². The van der Waals surface area contributed by atoms with Crippen LogP contribution in [0.1, 0.15) is 17.7 Å². The third kappa shape index (κ3) is 1.80. The summed E-state index contributed by atoms with van der Waals surface area (Å²) in [6, 6.07) is 1.34. The molecule has 1 aromatic heterocycles. The van der Waals surface area contributed by atoms with Gasteiger partial charge in [0.25, 0.3) is 6.43 Å². The molecule has 0 amide bonds. The van der Waals surface area contributed by atoms with Crippen molar-refractivity contribution < 1.29 is 13.2 Å². The molecular formula is C7H2BrF3N2. The van der Waals surface area contributed by atoms with Gasteiger partial charge >= 0.3 is 0 Å². The fraction of sp³-hybridized carbons (Fsp3) is 0.143. The van der Waals surface area contributed by atoms with Crippen molar-refractivity contribution in [2.75, 3.05) is 0 Å². The molecule has 0 N–H and O–H groups in total. The Hall–Kier alpha value is -1.09. The first-order chi connectivity index (χ1) is 6.07. The fourth-order valence-corrected chi connectivity index (χ4v) is 1.05. The second-order valence-electron chi connectivity index (χ2n) is 2.09. The number of hydrogen-bond acceptors (Lipinski definition) is 2. The molecule has 0 saturated carbocycles. The van der Waals surface area contributed by atoms with Crippen LogP contribution in [0.25, 0.3) is 0 Å². The Morgan fingerprint density at radius 1 is 1.54 bits per heavy atom. The van der Waals surface area contributed by atoms with Crippen LogP contribution in [-0.4, -0.2) is 4.98 Å². The van der Waals surface area contributed by atoms with E-state index in [0.29, 0.717) is 0 Å². The monoisotopic (exact) mass is 250 g/mol. The van der Waals surface area contributed by atoms with E-state index in [1.54, 1.807) is 0 Å². The van der Waals surface area contributed by atoms with Crippen molar-refractivity contribution in [3.8, 4) is 6.07 Å². The Labute approximate surface area is 80.1 Å². The van der Waals surface area contributed by atoms with Crippen LogP contribution in [0, 0.1) is 17.1 Å². The van der Waals surface area contributed by atoms with Gasteiger partial charge in [-0.1, -0.05) is 0 Å². The minimum Gasteiger partial charge on any atom is -0.252 e. The van der Waals surface area contributed by atoms with Gasteiger partial charge < -0.3 is 0 Å². The fourth-order valence-electron chi connectivity index (χ4n) is 0.751. The standard InChI is InChI=1S/C7H2BrF3N2/c8-4-2-13-6(7(10)11)3(1-12)5(4)9/h2,7H. The van der Waals surface area contributed by atoms with Crippen molar-refractivity contribution >= 4 is 15.9 Å². The smallest absolute Gasteiger partial charge is 0.252 e. The van der Waals surface area contributed by atoms with Gasteiger partial charge in [-0.3, -0.25) is 4.98 Å². The topological polar surface area (TPSA) is 36.7 Å². The molecule has 68 valence electrons. The van der Waals surface area contributed by atoms with Gasteiger partial charge in [-0.05, 0) is 15.9 Å². The Morgan fingerprint density at radius 2 is 2.15 bits per heavy atom. The van der Waals surface area contributed by atoms with Crippen LogP contribution in [0.3, 0.4) is 0 Å². The summed E-state index contributed by atoms with van der Waals surface area (Å²) in [6.07, 6.45) is -2.05. The molecule has 0 bridgehead atoms. The average molecular weight is 251 g/mol. The maximum absolute atomic E-state index is 13.0. The first kappa shape index (κ1) is 9.99. The van der Waals surface area contributed by atoms with Gasteiger partial charge in [0.2, 0.25) is 0 Å². The molecule has 2 nitrogen and oxygen atoms in total. The molecule has 1 aromatic rings. The van der Waals surface area contributed by atoms with Crippen LogP contribution in [0.4, 0.5) is 13.2 Å². The summed E-state index contributed by atoms with van der Waals surface area (Å²) < 4.78 is 37.1. The van der Waals surface area contributed by atoms with E-state index < -0.39 is 23.5 Å². The lowest BCUT2D eigenvalue weighted by atomic mass is 10.2. The van der Waals surface area contributed by atoms with Gasteiger partial charge in [0.05, 0.1) is 4.47 Å². The number of rotatable bonds is 1. The number of nitriles is 1. The number of pyridine rings is 1. The summed E-state index contributed by atoms with van der Waals surface area (Å²) in [4.78, 5) is 3.25. The van der Waals surface area contributed by atoms with Crippen molar-refractivity contribution in [1.82, 2.24) is 4.98 Å². The molecule has 0 aliphatic heterocycles. The highest BCUT2D eigenvalue weighted by Gasteiger charge is 2.19. The van der Waals surface area contributed by atoms with Crippen LogP contribution >= 0.6 is 15.9 Å². The van der Waals surface area contributed by atoms with E-state index in [1.165, 1.54) is 6.07 Å². The molecule has 0 atom stereocenters. The SMILES string of the molecule is N#Cc1c(C(F)F)ncc(Br)c1F. The second kappa shape index (κ2) is 3.75. The second-order valence-corrected chi connectivity index (χ2v) is 2.95. The van der Waals surface area contributed by atoms with Crippen LogP contribution in [0.5, 0.6) is 0 Å². The van der Waals surface area contributed by atoms with E-state index in [4.69, 9.17) is 5.26 Å². The Kier molecular flexibility index (Phi) is 2.88. The first-order valence-electron chi connectivity index (χ1n) is 3.10. The van der Waals surface area contributed by atoms with Crippen molar-refractivity contribution in [3.63, 3.8) is 0 Å². The van der Waals surface area contributed by atoms with Crippen molar-refractivity contribution in [3.05, 3.63) is 27.7 Å². The molecule has 0 saturated heterocycles. The molecule has 6 heteroatoms. The van der Waals surface area contributed by atoms with E-state index in [-0.39, 0.29) is 4.47 Å². The Bertz CT molecular complexity index is 373. The van der Waals surface area contributed by atoms with E-state index in [0.717, 1.165) is 6.20 Å². The highest BCUT2D eigenvalue weighted by molar-refractivity contribution is 9.10. The predicted octanol–water partition coefficient (Wildman–Crippen LogP) is 2.79. The number of hydrogen-bond donors (Lipinski definition) is 0. The summed E-state index contributed by atoms with van der Waals surface area (Å²) in [6.45, 7) is 0. The number of aromatic nitrogens is 1. The highest BCUT2D eigenvalue weighted by atomic mass is 79.9. The third-order valence-corrected chi connectivity index (χ3v) is 1.87. The normalized spacial score (nSPS) is 10.2. The van der Waals surface area contributed by atoms with Gasteiger partial charge in [-0.2, -0.15) is 5.26 Å². The largest absolute Gasteiger partial charge is 0.281 e. The zero-order chi connectivity index (χ0) is 10.0. The molecule has 0 fully saturated rings. The van der Waals surface area contributed by atoms with E-state index in [9.17, 15) is 13.2 Å². The minimum absolute atomic E-state index is 0.103. The molecule has 0 aliphatic rings. The molecule has 0 radical (unpaired) electrons.